The second-order valence-electron chi connectivity index (χ2n) is 4.46. The van der Waals surface area contributed by atoms with Crippen LogP contribution in [0.25, 0.3) is 0 Å². The second kappa shape index (κ2) is 5.28. The predicted octanol–water partition coefficient (Wildman–Crippen LogP) is 3.65. The minimum atomic E-state index is -0.239. The van der Waals surface area contributed by atoms with Crippen molar-refractivity contribution >= 4 is 5.78 Å². The highest BCUT2D eigenvalue weighted by Crippen LogP contribution is 2.24. The van der Waals surface area contributed by atoms with Gasteiger partial charge in [0.2, 0.25) is 0 Å². The van der Waals surface area contributed by atoms with Crippen molar-refractivity contribution in [3.8, 4) is 0 Å². The smallest absolute Gasteiger partial charge is 0.158 e. The molecule has 1 aliphatic carbocycles. The summed E-state index contributed by atoms with van der Waals surface area (Å²) in [7, 11) is 0. The van der Waals surface area contributed by atoms with E-state index in [4.69, 9.17) is 0 Å². The molecular formula is C12H19FO. The number of ketones is 1. The fourth-order valence-electron chi connectivity index (χ4n) is 1.87. The lowest BCUT2D eigenvalue weighted by Gasteiger charge is -2.19. The lowest BCUT2D eigenvalue weighted by Crippen LogP contribution is -2.13. The topological polar surface area (TPSA) is 17.1 Å². The quantitative estimate of drug-likeness (QED) is 0.580. The average Bonchev–Trinajstić information content (AvgIpc) is 2.10. The summed E-state index contributed by atoms with van der Waals surface area (Å²) in [5, 5.41) is 0. The summed E-state index contributed by atoms with van der Waals surface area (Å²) in [4.78, 5) is 11.4. The highest BCUT2D eigenvalue weighted by Gasteiger charge is 2.16. The Bertz CT molecular complexity index is 232. The Kier molecular flexibility index (Phi) is 4.30. The van der Waals surface area contributed by atoms with E-state index >= 15 is 0 Å². The molecule has 0 saturated carbocycles. The van der Waals surface area contributed by atoms with Gasteiger partial charge in [0.1, 0.15) is 5.83 Å². The van der Waals surface area contributed by atoms with E-state index in [2.05, 4.69) is 13.8 Å². The summed E-state index contributed by atoms with van der Waals surface area (Å²) in [6, 6.07) is 0. The van der Waals surface area contributed by atoms with Gasteiger partial charge in [-0.05, 0) is 24.7 Å². The SMILES string of the molecule is CC1CC(=O)/C=C(\F)CCCC[C@H]1C. The van der Waals surface area contributed by atoms with Crippen LogP contribution in [0.3, 0.4) is 0 Å². The van der Waals surface area contributed by atoms with Crippen molar-refractivity contribution in [3.63, 3.8) is 0 Å². The van der Waals surface area contributed by atoms with Crippen molar-refractivity contribution in [1.82, 2.24) is 0 Å². The third-order valence-electron chi connectivity index (χ3n) is 3.14. The molecule has 0 aromatic heterocycles. The van der Waals surface area contributed by atoms with E-state index in [1.807, 2.05) is 0 Å². The van der Waals surface area contributed by atoms with Gasteiger partial charge in [-0.25, -0.2) is 4.39 Å². The summed E-state index contributed by atoms with van der Waals surface area (Å²) in [5.74, 6) is 0.665. The first-order valence-corrected chi connectivity index (χ1v) is 5.48. The summed E-state index contributed by atoms with van der Waals surface area (Å²) in [6.45, 7) is 4.26. The third kappa shape index (κ3) is 3.60. The molecule has 1 rings (SSSR count). The Morgan fingerprint density at radius 1 is 1.29 bits per heavy atom. The van der Waals surface area contributed by atoms with E-state index < -0.39 is 0 Å². The van der Waals surface area contributed by atoms with Gasteiger partial charge in [-0.2, -0.15) is 0 Å². The molecule has 80 valence electrons. The Hall–Kier alpha value is -0.660. The van der Waals surface area contributed by atoms with Crippen molar-refractivity contribution in [2.24, 2.45) is 11.8 Å². The van der Waals surface area contributed by atoms with Crippen LogP contribution in [0.1, 0.15) is 46.0 Å². The molecule has 14 heavy (non-hydrogen) atoms. The first-order valence-electron chi connectivity index (χ1n) is 5.48. The van der Waals surface area contributed by atoms with E-state index in [9.17, 15) is 9.18 Å². The van der Waals surface area contributed by atoms with Gasteiger partial charge < -0.3 is 0 Å². The Labute approximate surface area is 85.4 Å². The fraction of sp³-hybridized carbons (Fsp3) is 0.750. The monoisotopic (exact) mass is 198 g/mol. The zero-order valence-electron chi connectivity index (χ0n) is 9.05. The van der Waals surface area contributed by atoms with E-state index in [0.29, 0.717) is 24.7 Å². The number of hydrogen-bond donors (Lipinski definition) is 0. The van der Waals surface area contributed by atoms with Crippen LogP contribution in [-0.4, -0.2) is 5.78 Å². The van der Waals surface area contributed by atoms with Crippen molar-refractivity contribution in [3.05, 3.63) is 11.9 Å². The number of carbonyl (C=O) groups excluding carboxylic acids is 1. The minimum absolute atomic E-state index is 0.0521. The first-order chi connectivity index (χ1) is 6.59. The van der Waals surface area contributed by atoms with E-state index in [0.717, 1.165) is 19.3 Å². The van der Waals surface area contributed by atoms with Crippen LogP contribution >= 0.6 is 0 Å². The molecule has 0 fully saturated rings. The van der Waals surface area contributed by atoms with E-state index in [1.165, 1.54) is 6.08 Å². The molecule has 2 atom stereocenters. The molecule has 0 bridgehead atoms. The highest BCUT2D eigenvalue weighted by atomic mass is 19.1. The minimum Gasteiger partial charge on any atom is -0.295 e. The molecule has 0 N–H and O–H groups in total. The van der Waals surface area contributed by atoms with Gasteiger partial charge in [0, 0.05) is 12.5 Å². The first kappa shape index (κ1) is 11.4. The van der Waals surface area contributed by atoms with Gasteiger partial charge in [0.05, 0.1) is 0 Å². The number of hydrogen-bond acceptors (Lipinski definition) is 1. The van der Waals surface area contributed by atoms with Crippen LogP contribution in [0.15, 0.2) is 11.9 Å². The molecule has 0 heterocycles. The van der Waals surface area contributed by atoms with Crippen LogP contribution in [0.2, 0.25) is 0 Å². The summed E-state index contributed by atoms with van der Waals surface area (Å²) in [6.07, 6.45) is 5.17. The maximum Gasteiger partial charge on any atom is 0.158 e. The van der Waals surface area contributed by atoms with Crippen molar-refractivity contribution in [2.75, 3.05) is 0 Å². The molecule has 0 aromatic rings. The fourth-order valence-corrected chi connectivity index (χ4v) is 1.87. The molecule has 1 unspecified atom stereocenters. The molecule has 0 saturated heterocycles. The molecule has 1 nitrogen and oxygen atoms in total. The van der Waals surface area contributed by atoms with Crippen molar-refractivity contribution in [2.45, 2.75) is 46.0 Å². The van der Waals surface area contributed by atoms with E-state index in [1.54, 1.807) is 0 Å². The molecule has 0 aliphatic heterocycles. The van der Waals surface area contributed by atoms with E-state index in [-0.39, 0.29) is 11.6 Å². The van der Waals surface area contributed by atoms with Crippen molar-refractivity contribution in [1.29, 1.82) is 0 Å². The van der Waals surface area contributed by atoms with Gasteiger partial charge in [-0.1, -0.05) is 26.7 Å². The van der Waals surface area contributed by atoms with Crippen LogP contribution in [0, 0.1) is 11.8 Å². The Morgan fingerprint density at radius 2 is 2.00 bits per heavy atom. The highest BCUT2D eigenvalue weighted by molar-refractivity contribution is 5.90. The maximum atomic E-state index is 13.1. The molecular weight excluding hydrogens is 179 g/mol. The van der Waals surface area contributed by atoms with Crippen LogP contribution in [-0.2, 0) is 4.79 Å². The van der Waals surface area contributed by atoms with Gasteiger partial charge in [0.15, 0.2) is 5.78 Å². The zero-order valence-corrected chi connectivity index (χ0v) is 9.05. The third-order valence-corrected chi connectivity index (χ3v) is 3.14. The largest absolute Gasteiger partial charge is 0.295 e. The number of rotatable bonds is 0. The maximum absolute atomic E-state index is 13.1. The van der Waals surface area contributed by atoms with Gasteiger partial charge in [-0.15, -0.1) is 0 Å². The molecule has 2 heteroatoms. The molecule has 0 radical (unpaired) electrons. The van der Waals surface area contributed by atoms with Crippen molar-refractivity contribution < 1.29 is 9.18 Å². The molecule has 1 aliphatic rings. The molecule has 0 spiro atoms. The normalized spacial score (nSPS) is 34.8. The number of halogens is 1. The molecule has 0 amide bonds. The summed E-state index contributed by atoms with van der Waals surface area (Å²) >= 11 is 0. The number of carbonyl (C=O) groups is 1. The predicted molar refractivity (Wildman–Crippen MR) is 55.6 cm³/mol. The molecule has 0 aromatic carbocycles. The summed E-state index contributed by atoms with van der Waals surface area (Å²) < 4.78 is 13.1. The summed E-state index contributed by atoms with van der Waals surface area (Å²) in [5.41, 5.74) is 0. The average molecular weight is 198 g/mol. The van der Waals surface area contributed by atoms with Gasteiger partial charge in [0.25, 0.3) is 0 Å². The zero-order chi connectivity index (χ0) is 10.6. The second-order valence-corrected chi connectivity index (χ2v) is 4.46. The van der Waals surface area contributed by atoms with Crippen LogP contribution in [0.4, 0.5) is 4.39 Å². The van der Waals surface area contributed by atoms with Crippen LogP contribution in [0.5, 0.6) is 0 Å². The number of allylic oxidation sites excluding steroid dienone is 2. The lowest BCUT2D eigenvalue weighted by molar-refractivity contribution is -0.115. The van der Waals surface area contributed by atoms with Crippen LogP contribution < -0.4 is 0 Å². The van der Waals surface area contributed by atoms with Gasteiger partial charge >= 0.3 is 0 Å². The Balaban J connectivity index is 2.64. The van der Waals surface area contributed by atoms with Gasteiger partial charge in [-0.3, -0.25) is 4.79 Å². The Morgan fingerprint density at radius 3 is 2.71 bits per heavy atom. The standard InChI is InChI=1S/C12H19FO/c1-9-5-3-4-6-11(13)8-12(14)7-10(9)2/h8-10H,3-7H2,1-2H3/b11-8-/t9-,10?/m1/s1. The lowest BCUT2D eigenvalue weighted by atomic mass is 9.86.